The molecule has 0 saturated carbocycles. The Morgan fingerprint density at radius 1 is 1.18 bits per heavy atom. The zero-order valence-corrected chi connectivity index (χ0v) is 14.0. The molecular weight excluding hydrogens is 322 g/mol. The average molecular weight is 342 g/mol. The maximum absolute atomic E-state index is 12.7. The molecule has 5 nitrogen and oxygen atoms in total. The van der Waals surface area contributed by atoms with E-state index in [0.29, 0.717) is 17.6 Å². The number of sulfonamides is 1. The molecule has 2 unspecified atom stereocenters. The van der Waals surface area contributed by atoms with E-state index in [-0.39, 0.29) is 23.3 Å². The van der Waals surface area contributed by atoms with Gasteiger partial charge in [0, 0.05) is 25.2 Å². The Bertz CT molecular complexity index is 657. The number of hydrogen-bond donors (Lipinski definition) is 1. The maximum atomic E-state index is 12.7. The molecule has 2 heterocycles. The highest BCUT2D eigenvalue weighted by Gasteiger charge is 2.38. The highest BCUT2D eigenvalue weighted by Crippen LogP contribution is 2.31. The summed E-state index contributed by atoms with van der Waals surface area (Å²) in [6.07, 6.45) is 4.04. The first-order valence-electron chi connectivity index (χ1n) is 7.25. The lowest BCUT2D eigenvalue weighted by molar-refractivity contribution is 0.251. The smallest absolute Gasteiger partial charge is 0.243 e. The van der Waals surface area contributed by atoms with Crippen LogP contribution in [-0.2, 0) is 10.0 Å². The first-order valence-corrected chi connectivity index (χ1v) is 8.69. The van der Waals surface area contributed by atoms with Gasteiger partial charge >= 0.3 is 0 Å². The number of hydrogen-bond acceptors (Lipinski definition) is 4. The summed E-state index contributed by atoms with van der Waals surface area (Å²) >= 11 is 0. The largest absolute Gasteiger partial charge is 0.311 e. The van der Waals surface area contributed by atoms with Crippen molar-refractivity contribution in [3.8, 4) is 6.07 Å². The molecule has 0 aliphatic carbocycles. The van der Waals surface area contributed by atoms with Crippen molar-refractivity contribution in [3.05, 3.63) is 29.8 Å². The predicted molar refractivity (Wildman–Crippen MR) is 86.3 cm³/mol. The average Bonchev–Trinajstić information content (AvgIpc) is 2.84. The second kappa shape index (κ2) is 6.55. The number of nitrogens with zero attached hydrogens (tertiary/aromatic N) is 2. The molecular formula is C15H20ClN3O2S. The molecule has 0 aromatic heterocycles. The van der Waals surface area contributed by atoms with E-state index in [9.17, 15) is 8.42 Å². The Hall–Kier alpha value is -1.13. The molecule has 120 valence electrons. The van der Waals surface area contributed by atoms with Gasteiger partial charge < -0.3 is 5.32 Å². The number of nitriles is 1. The second-order valence-corrected chi connectivity index (χ2v) is 7.92. The summed E-state index contributed by atoms with van der Waals surface area (Å²) in [6, 6.07) is 9.09. The lowest BCUT2D eigenvalue weighted by Gasteiger charge is -2.34. The fourth-order valence-corrected chi connectivity index (χ4v) is 4.77. The van der Waals surface area contributed by atoms with Crippen LogP contribution >= 0.6 is 12.4 Å². The Kier molecular flexibility index (Phi) is 5.13. The molecule has 2 saturated heterocycles. The van der Waals surface area contributed by atoms with Gasteiger partial charge in [-0.2, -0.15) is 9.57 Å². The van der Waals surface area contributed by atoms with E-state index >= 15 is 0 Å². The first-order chi connectivity index (χ1) is 10.0. The molecule has 7 heteroatoms. The lowest BCUT2D eigenvalue weighted by atomic mass is 10.0. The van der Waals surface area contributed by atoms with Gasteiger partial charge in [-0.05, 0) is 49.9 Å². The van der Waals surface area contributed by atoms with E-state index in [1.165, 1.54) is 16.4 Å². The summed E-state index contributed by atoms with van der Waals surface area (Å²) in [7, 11) is -1.82. The molecule has 2 atom stereocenters. The minimum atomic E-state index is -3.49. The zero-order chi connectivity index (χ0) is 15.0. The molecule has 2 bridgehead atoms. The van der Waals surface area contributed by atoms with Crippen LogP contribution in [0.1, 0.15) is 31.2 Å². The van der Waals surface area contributed by atoms with Crippen molar-refractivity contribution in [3.63, 3.8) is 0 Å². The van der Waals surface area contributed by atoms with Gasteiger partial charge in [0.1, 0.15) is 0 Å². The van der Waals surface area contributed by atoms with Crippen LogP contribution in [0.4, 0.5) is 0 Å². The number of piperidine rings is 1. The molecule has 1 N–H and O–H groups in total. The summed E-state index contributed by atoms with van der Waals surface area (Å²) in [5, 5.41) is 12.3. The highest BCUT2D eigenvalue weighted by atomic mass is 35.5. The second-order valence-electron chi connectivity index (χ2n) is 5.92. The van der Waals surface area contributed by atoms with E-state index in [1.807, 2.05) is 6.07 Å². The molecule has 2 aliphatic rings. The van der Waals surface area contributed by atoms with Crippen molar-refractivity contribution in [1.82, 2.24) is 9.62 Å². The number of nitrogens with one attached hydrogen (secondary N) is 1. The number of benzene rings is 1. The van der Waals surface area contributed by atoms with Crippen molar-refractivity contribution in [1.29, 1.82) is 5.26 Å². The van der Waals surface area contributed by atoms with Crippen molar-refractivity contribution in [2.24, 2.45) is 0 Å². The van der Waals surface area contributed by atoms with Crippen LogP contribution in [0, 0.1) is 11.3 Å². The Balaban J connectivity index is 0.00000176. The van der Waals surface area contributed by atoms with Gasteiger partial charge in [-0.15, -0.1) is 12.4 Å². The normalized spacial score (nSPS) is 27.2. The van der Waals surface area contributed by atoms with Crippen molar-refractivity contribution in [2.75, 3.05) is 7.05 Å². The van der Waals surface area contributed by atoms with Crippen molar-refractivity contribution in [2.45, 2.75) is 48.7 Å². The zero-order valence-electron chi connectivity index (χ0n) is 12.4. The van der Waals surface area contributed by atoms with Crippen molar-refractivity contribution >= 4 is 22.4 Å². The van der Waals surface area contributed by atoms with Gasteiger partial charge in [-0.25, -0.2) is 8.42 Å². The van der Waals surface area contributed by atoms with Crippen LogP contribution in [0.15, 0.2) is 29.2 Å². The third-order valence-electron chi connectivity index (χ3n) is 4.62. The lowest BCUT2D eigenvalue weighted by Crippen LogP contribution is -2.48. The van der Waals surface area contributed by atoms with Crippen LogP contribution in [0.25, 0.3) is 0 Å². The first kappa shape index (κ1) is 17.2. The van der Waals surface area contributed by atoms with E-state index in [4.69, 9.17) is 5.26 Å². The van der Waals surface area contributed by atoms with Gasteiger partial charge in [0.25, 0.3) is 0 Å². The van der Waals surface area contributed by atoms with Crippen LogP contribution in [0.2, 0.25) is 0 Å². The van der Waals surface area contributed by atoms with E-state index in [2.05, 4.69) is 5.32 Å². The van der Waals surface area contributed by atoms with E-state index in [1.54, 1.807) is 19.2 Å². The summed E-state index contributed by atoms with van der Waals surface area (Å²) in [5.41, 5.74) is 0.469. The van der Waals surface area contributed by atoms with Gasteiger partial charge in [0.2, 0.25) is 10.0 Å². The summed E-state index contributed by atoms with van der Waals surface area (Å²) in [5.74, 6) is 0. The van der Waals surface area contributed by atoms with Gasteiger partial charge in [0.15, 0.2) is 0 Å². The number of halogens is 1. The Morgan fingerprint density at radius 3 is 2.23 bits per heavy atom. The third kappa shape index (κ3) is 3.13. The quantitative estimate of drug-likeness (QED) is 0.911. The Labute approximate surface area is 137 Å². The molecule has 2 aliphatic heterocycles. The van der Waals surface area contributed by atoms with Crippen LogP contribution in [-0.4, -0.2) is 37.9 Å². The molecule has 1 aromatic carbocycles. The van der Waals surface area contributed by atoms with Gasteiger partial charge in [0.05, 0.1) is 16.5 Å². The minimum Gasteiger partial charge on any atom is -0.311 e. The van der Waals surface area contributed by atoms with Crippen molar-refractivity contribution < 1.29 is 8.42 Å². The standard InChI is InChI=1S/C15H19N3O2S.ClH/c1-18(14-8-12-4-5-13(9-14)17-12)21(19,20)15-6-2-11(10-16)3-7-15;/h2-3,6-7,12-14,17H,4-5,8-9H2,1H3;1H. The summed E-state index contributed by atoms with van der Waals surface area (Å²) in [6.45, 7) is 0. The summed E-state index contributed by atoms with van der Waals surface area (Å²) in [4.78, 5) is 0.259. The van der Waals surface area contributed by atoms with Crippen LogP contribution in [0.5, 0.6) is 0 Å². The summed E-state index contributed by atoms with van der Waals surface area (Å²) < 4.78 is 26.9. The van der Waals surface area contributed by atoms with Crippen LogP contribution < -0.4 is 5.32 Å². The van der Waals surface area contributed by atoms with Gasteiger partial charge in [-0.1, -0.05) is 0 Å². The fraction of sp³-hybridized carbons (Fsp3) is 0.533. The molecule has 0 amide bonds. The third-order valence-corrected chi connectivity index (χ3v) is 6.55. The molecule has 0 radical (unpaired) electrons. The monoisotopic (exact) mass is 341 g/mol. The fourth-order valence-electron chi connectivity index (χ4n) is 3.39. The maximum Gasteiger partial charge on any atom is 0.243 e. The molecule has 1 aromatic rings. The molecule has 3 rings (SSSR count). The van der Waals surface area contributed by atoms with Gasteiger partial charge in [-0.3, -0.25) is 0 Å². The number of rotatable bonds is 3. The van der Waals surface area contributed by atoms with E-state index in [0.717, 1.165) is 25.7 Å². The predicted octanol–water partition coefficient (Wildman–Crippen LogP) is 1.88. The SMILES string of the molecule is CN(C1CC2CCC(C1)N2)S(=O)(=O)c1ccc(C#N)cc1.Cl. The minimum absolute atomic E-state index is 0. The topological polar surface area (TPSA) is 73.2 Å². The Morgan fingerprint density at radius 2 is 1.73 bits per heavy atom. The molecule has 0 spiro atoms. The molecule has 2 fully saturated rings. The van der Waals surface area contributed by atoms with Crippen LogP contribution in [0.3, 0.4) is 0 Å². The molecule has 22 heavy (non-hydrogen) atoms. The number of fused-ring (bicyclic) bond motifs is 2. The van der Waals surface area contributed by atoms with E-state index < -0.39 is 10.0 Å². The highest BCUT2D eigenvalue weighted by molar-refractivity contribution is 7.89.